The molecule has 2 heteroatoms. The maximum Gasteiger partial charge on any atom is 0.0789 e. The number of benzene rings is 10. The highest BCUT2D eigenvalue weighted by Gasteiger charge is 2.26. The molecule has 0 aliphatic rings. The van der Waals surface area contributed by atoms with Crippen molar-refractivity contribution in [3.63, 3.8) is 0 Å². The summed E-state index contributed by atoms with van der Waals surface area (Å²) in [6.45, 7) is 0. The van der Waals surface area contributed by atoms with E-state index in [9.17, 15) is 0 Å². The minimum absolute atomic E-state index is 1.13. The molecular formula is C56H36N2. The molecular weight excluding hydrogens is 701 g/mol. The summed E-state index contributed by atoms with van der Waals surface area (Å²) in [6.07, 6.45) is 0. The Hall–Kier alpha value is -7.68. The molecule has 0 spiro atoms. The van der Waals surface area contributed by atoms with Crippen molar-refractivity contribution in [3.05, 3.63) is 218 Å². The quantitative estimate of drug-likeness (QED) is 0.156. The van der Waals surface area contributed by atoms with E-state index in [-0.39, 0.29) is 0 Å². The summed E-state index contributed by atoms with van der Waals surface area (Å²) < 4.78 is 4.99. The summed E-state index contributed by atoms with van der Waals surface area (Å²) in [5.41, 5.74) is 13.0. The van der Waals surface area contributed by atoms with E-state index in [0.29, 0.717) is 0 Å². The lowest BCUT2D eigenvalue weighted by atomic mass is 9.92. The van der Waals surface area contributed by atoms with Crippen LogP contribution in [0.4, 0.5) is 0 Å². The van der Waals surface area contributed by atoms with Gasteiger partial charge in [-0.2, -0.15) is 0 Å². The van der Waals surface area contributed by atoms with Crippen LogP contribution in [0.3, 0.4) is 0 Å². The van der Waals surface area contributed by atoms with Crippen molar-refractivity contribution >= 4 is 65.0 Å². The number of hydrogen-bond acceptors (Lipinski definition) is 0. The van der Waals surface area contributed by atoms with Gasteiger partial charge in [-0.25, -0.2) is 0 Å². The first-order valence-corrected chi connectivity index (χ1v) is 20.0. The maximum absolute atomic E-state index is 2.50. The topological polar surface area (TPSA) is 9.86 Å². The zero-order chi connectivity index (χ0) is 38.2. The van der Waals surface area contributed by atoms with Crippen LogP contribution in [0.25, 0.3) is 110 Å². The average Bonchev–Trinajstić information content (AvgIpc) is 3.83. The molecule has 0 aliphatic carbocycles. The highest BCUT2D eigenvalue weighted by atomic mass is 15.1. The molecule has 0 fully saturated rings. The van der Waals surface area contributed by atoms with Gasteiger partial charge < -0.3 is 9.13 Å². The molecule has 2 aromatic heterocycles. The van der Waals surface area contributed by atoms with E-state index < -0.39 is 0 Å². The Balaban J connectivity index is 1.13. The van der Waals surface area contributed by atoms with Gasteiger partial charge >= 0.3 is 0 Å². The van der Waals surface area contributed by atoms with E-state index in [4.69, 9.17) is 0 Å². The molecule has 12 rings (SSSR count). The summed E-state index contributed by atoms with van der Waals surface area (Å²) >= 11 is 0. The molecule has 12 aromatic rings. The molecule has 2 heterocycles. The Kier molecular flexibility index (Phi) is 7.26. The van der Waals surface area contributed by atoms with Crippen molar-refractivity contribution < 1.29 is 0 Å². The van der Waals surface area contributed by atoms with Crippen molar-refractivity contribution in [3.8, 4) is 44.9 Å². The van der Waals surface area contributed by atoms with E-state index in [0.717, 1.165) is 11.4 Å². The van der Waals surface area contributed by atoms with Crippen molar-refractivity contribution in [1.29, 1.82) is 0 Å². The second-order valence-corrected chi connectivity index (χ2v) is 15.2. The van der Waals surface area contributed by atoms with Gasteiger partial charge in [0.1, 0.15) is 0 Å². The molecule has 0 amide bonds. The standard InChI is InChI=1S/C56H36N2/c1-4-16-38(17-5-1)53-50-35-34-49-48-26-14-15-27-52(48)57(55(49)56(50)58(41-20-8-3-9-21-41)54(53)39-18-6-2-7-19-39)42-31-28-37(29-32-42)40-30-33-47-45-24-11-10-22-43(45)44-23-12-13-25-46(44)51(47)36-40/h1-36H. The molecule has 0 radical (unpaired) electrons. The van der Waals surface area contributed by atoms with E-state index in [1.165, 1.54) is 98.5 Å². The van der Waals surface area contributed by atoms with Crippen LogP contribution in [-0.2, 0) is 0 Å². The third-order valence-electron chi connectivity index (χ3n) is 12.1. The first-order valence-electron chi connectivity index (χ1n) is 20.0. The third kappa shape index (κ3) is 4.85. The summed E-state index contributed by atoms with van der Waals surface area (Å²) in [7, 11) is 0. The third-order valence-corrected chi connectivity index (χ3v) is 12.1. The van der Waals surface area contributed by atoms with Crippen molar-refractivity contribution in [1.82, 2.24) is 9.13 Å². The number of nitrogens with zero attached hydrogens (tertiary/aromatic N) is 2. The van der Waals surface area contributed by atoms with Gasteiger partial charge in [-0.3, -0.25) is 0 Å². The van der Waals surface area contributed by atoms with Crippen LogP contribution in [0.2, 0.25) is 0 Å². The zero-order valence-electron chi connectivity index (χ0n) is 31.7. The van der Waals surface area contributed by atoms with Crippen LogP contribution in [0.5, 0.6) is 0 Å². The number of aromatic nitrogens is 2. The number of fused-ring (bicyclic) bond motifs is 11. The fraction of sp³-hybridized carbons (Fsp3) is 0. The molecule has 0 N–H and O–H groups in total. The van der Waals surface area contributed by atoms with Crippen molar-refractivity contribution in [2.75, 3.05) is 0 Å². The lowest BCUT2D eigenvalue weighted by molar-refractivity contribution is 1.12. The molecule has 0 unspecified atom stereocenters. The fourth-order valence-electron chi connectivity index (χ4n) is 9.58. The van der Waals surface area contributed by atoms with Crippen LogP contribution in [0, 0.1) is 0 Å². The number of hydrogen-bond donors (Lipinski definition) is 0. The molecule has 2 nitrogen and oxygen atoms in total. The van der Waals surface area contributed by atoms with Gasteiger partial charge in [-0.05, 0) is 91.0 Å². The Morgan fingerprint density at radius 1 is 0.241 bits per heavy atom. The Morgan fingerprint density at radius 3 is 1.34 bits per heavy atom. The van der Waals surface area contributed by atoms with Gasteiger partial charge in [0, 0.05) is 33.1 Å². The van der Waals surface area contributed by atoms with Gasteiger partial charge in [-0.15, -0.1) is 0 Å². The molecule has 10 aromatic carbocycles. The van der Waals surface area contributed by atoms with Gasteiger partial charge in [0.2, 0.25) is 0 Å². The number of rotatable bonds is 5. The van der Waals surface area contributed by atoms with E-state index in [2.05, 4.69) is 228 Å². The minimum Gasteiger partial charge on any atom is -0.307 e. The normalized spacial score (nSPS) is 11.8. The summed E-state index contributed by atoms with van der Waals surface area (Å²) in [6, 6.07) is 79.9. The van der Waals surface area contributed by atoms with Gasteiger partial charge in [-0.1, -0.05) is 182 Å². The smallest absolute Gasteiger partial charge is 0.0789 e. The molecule has 0 atom stereocenters. The van der Waals surface area contributed by atoms with E-state index >= 15 is 0 Å². The largest absolute Gasteiger partial charge is 0.307 e. The van der Waals surface area contributed by atoms with Gasteiger partial charge in [0.15, 0.2) is 0 Å². The second kappa shape index (κ2) is 12.9. The van der Waals surface area contributed by atoms with Crippen LogP contribution < -0.4 is 0 Å². The lowest BCUT2D eigenvalue weighted by Gasteiger charge is -2.15. The Bertz CT molecular complexity index is 3490. The monoisotopic (exact) mass is 736 g/mol. The summed E-state index contributed by atoms with van der Waals surface area (Å²) in [4.78, 5) is 0. The van der Waals surface area contributed by atoms with Crippen molar-refractivity contribution in [2.45, 2.75) is 0 Å². The maximum atomic E-state index is 2.50. The highest BCUT2D eigenvalue weighted by Crippen LogP contribution is 2.47. The Morgan fingerprint density at radius 2 is 0.690 bits per heavy atom. The summed E-state index contributed by atoms with van der Waals surface area (Å²) in [5.74, 6) is 0. The van der Waals surface area contributed by atoms with Crippen LogP contribution in [0.1, 0.15) is 0 Å². The first kappa shape index (κ1) is 32.6. The summed E-state index contributed by atoms with van der Waals surface area (Å²) in [5, 5.41) is 11.4. The van der Waals surface area contributed by atoms with E-state index in [1.54, 1.807) is 0 Å². The zero-order valence-corrected chi connectivity index (χ0v) is 31.7. The molecule has 0 aliphatic heterocycles. The molecule has 0 saturated heterocycles. The molecule has 0 saturated carbocycles. The molecule has 0 bridgehead atoms. The predicted octanol–water partition coefficient (Wildman–Crippen LogP) is 15.2. The van der Waals surface area contributed by atoms with Crippen LogP contribution in [-0.4, -0.2) is 9.13 Å². The average molecular weight is 737 g/mol. The molecule has 58 heavy (non-hydrogen) atoms. The van der Waals surface area contributed by atoms with Crippen molar-refractivity contribution in [2.24, 2.45) is 0 Å². The van der Waals surface area contributed by atoms with Crippen LogP contribution in [0.15, 0.2) is 218 Å². The minimum atomic E-state index is 1.13. The SMILES string of the molecule is c1ccc(-c2c(-c3ccccc3)n(-c3ccccc3)c3c2ccc2c4ccccc4n(-c4ccc(-c5ccc6c7ccccc7c7ccccc7c6c5)cc4)c23)cc1. The Labute approximate surface area is 336 Å². The fourth-order valence-corrected chi connectivity index (χ4v) is 9.58. The van der Waals surface area contributed by atoms with Gasteiger partial charge in [0.25, 0.3) is 0 Å². The van der Waals surface area contributed by atoms with E-state index in [1.807, 2.05) is 0 Å². The number of para-hydroxylation sites is 2. The second-order valence-electron chi connectivity index (χ2n) is 15.2. The molecule has 270 valence electrons. The van der Waals surface area contributed by atoms with Gasteiger partial charge in [0.05, 0.1) is 22.2 Å². The lowest BCUT2D eigenvalue weighted by Crippen LogP contribution is -2.00. The predicted molar refractivity (Wildman–Crippen MR) is 246 cm³/mol. The highest BCUT2D eigenvalue weighted by molar-refractivity contribution is 6.26. The van der Waals surface area contributed by atoms with Crippen LogP contribution >= 0.6 is 0 Å². The first-order chi connectivity index (χ1) is 28.8.